The Hall–Kier alpha value is -1.82. The third-order valence-electron chi connectivity index (χ3n) is 5.46. The van der Waals surface area contributed by atoms with Crippen LogP contribution in [-0.4, -0.2) is 48.4 Å². The maximum atomic E-state index is 12.8. The van der Waals surface area contributed by atoms with Crippen molar-refractivity contribution in [3.05, 3.63) is 17.3 Å². The lowest BCUT2D eigenvalue weighted by atomic mass is 10.00. The average molecular weight is 373 g/mol. The summed E-state index contributed by atoms with van der Waals surface area (Å²) in [5, 5.41) is 3.59. The summed E-state index contributed by atoms with van der Waals surface area (Å²) in [6, 6.07) is 2.29. The third kappa shape index (κ3) is 3.91. The number of aromatic nitrogens is 1. The molecule has 0 aromatic carbocycles. The number of anilines is 2. The van der Waals surface area contributed by atoms with Crippen LogP contribution in [0.5, 0.6) is 0 Å². The van der Waals surface area contributed by atoms with Gasteiger partial charge in [0.2, 0.25) is 0 Å². The second-order valence-corrected chi connectivity index (χ2v) is 9.76. The van der Waals surface area contributed by atoms with E-state index in [1.165, 1.54) is 24.1 Å². The zero-order valence-corrected chi connectivity index (χ0v) is 17.3. The molecule has 1 aliphatic carbocycles. The van der Waals surface area contributed by atoms with E-state index in [1.54, 1.807) is 4.90 Å². The predicted octanol–water partition coefficient (Wildman–Crippen LogP) is 3.44. The Balaban J connectivity index is 1.70. The highest BCUT2D eigenvalue weighted by Crippen LogP contribution is 2.44. The molecule has 1 saturated carbocycles. The summed E-state index contributed by atoms with van der Waals surface area (Å²) in [5.74, 6) is 1.37. The van der Waals surface area contributed by atoms with Crippen LogP contribution >= 0.6 is 0 Å². The van der Waals surface area contributed by atoms with Gasteiger partial charge in [0.25, 0.3) is 0 Å². The number of nitrogens with zero attached hydrogens (tertiary/aromatic N) is 3. The van der Waals surface area contributed by atoms with Gasteiger partial charge in [0.1, 0.15) is 11.4 Å². The normalized spacial score (nSPS) is 22.0. The van der Waals surface area contributed by atoms with Crippen molar-refractivity contribution < 1.29 is 9.53 Å². The maximum Gasteiger partial charge on any atom is 0.416 e. The highest BCUT2D eigenvalue weighted by atomic mass is 16.6. The summed E-state index contributed by atoms with van der Waals surface area (Å²) in [6.45, 7) is 13.8. The number of amides is 1. The van der Waals surface area contributed by atoms with Crippen molar-refractivity contribution in [3.8, 4) is 0 Å². The molecule has 1 aromatic rings. The molecule has 27 heavy (non-hydrogen) atoms. The van der Waals surface area contributed by atoms with Crippen LogP contribution in [-0.2, 0) is 11.2 Å². The number of hydrogen-bond acceptors (Lipinski definition) is 5. The molecular weight excluding hydrogens is 340 g/mol. The molecule has 2 aliphatic heterocycles. The number of nitrogens with one attached hydrogen (secondary N) is 1. The summed E-state index contributed by atoms with van der Waals surface area (Å²) < 4.78 is 5.64. The first-order valence-electron chi connectivity index (χ1n) is 10.2. The van der Waals surface area contributed by atoms with Crippen molar-refractivity contribution >= 4 is 17.6 Å². The smallest absolute Gasteiger partial charge is 0.416 e. The fourth-order valence-electron chi connectivity index (χ4n) is 4.07. The van der Waals surface area contributed by atoms with Crippen LogP contribution in [0.25, 0.3) is 0 Å². The van der Waals surface area contributed by atoms with E-state index in [-0.39, 0.29) is 11.6 Å². The second-order valence-electron chi connectivity index (χ2n) is 9.76. The molecule has 1 N–H and O–H groups in total. The number of piperazine rings is 1. The standard InChI is InChI=1S/C21H32N4O2/c1-20(2,3)27-19(26)25-10-8-15-17(24-11-9-22-21(4,5)13-24)12-16(14-6-7-14)23-18(15)25/h12,14,22H,6-11,13H2,1-5H3. The van der Waals surface area contributed by atoms with Crippen LogP contribution in [0.1, 0.15) is 64.6 Å². The molecule has 6 heteroatoms. The van der Waals surface area contributed by atoms with Gasteiger partial charge in [-0.25, -0.2) is 9.78 Å². The molecule has 1 amide bonds. The van der Waals surface area contributed by atoms with Crippen LogP contribution in [0.2, 0.25) is 0 Å². The van der Waals surface area contributed by atoms with Gasteiger partial charge in [-0.3, -0.25) is 4.90 Å². The van der Waals surface area contributed by atoms with Gasteiger partial charge >= 0.3 is 6.09 Å². The van der Waals surface area contributed by atoms with Gasteiger partial charge in [0.15, 0.2) is 0 Å². The van der Waals surface area contributed by atoms with Gasteiger partial charge < -0.3 is 15.0 Å². The highest BCUT2D eigenvalue weighted by Gasteiger charge is 2.37. The van der Waals surface area contributed by atoms with Crippen LogP contribution in [0.4, 0.5) is 16.3 Å². The van der Waals surface area contributed by atoms with E-state index in [0.717, 1.165) is 37.6 Å². The number of hydrogen-bond donors (Lipinski definition) is 1. The molecule has 0 bridgehead atoms. The van der Waals surface area contributed by atoms with Crippen LogP contribution in [0.15, 0.2) is 6.07 Å². The van der Waals surface area contributed by atoms with Crippen LogP contribution < -0.4 is 15.1 Å². The van der Waals surface area contributed by atoms with E-state index in [0.29, 0.717) is 12.5 Å². The summed E-state index contributed by atoms with van der Waals surface area (Å²) in [5.41, 5.74) is 3.18. The van der Waals surface area contributed by atoms with Crippen LogP contribution in [0, 0.1) is 0 Å². The summed E-state index contributed by atoms with van der Waals surface area (Å²) >= 11 is 0. The Morgan fingerprint density at radius 2 is 2.04 bits per heavy atom. The third-order valence-corrected chi connectivity index (χ3v) is 5.46. The number of carbonyl (C=O) groups excluding carboxylic acids is 1. The van der Waals surface area contributed by atoms with Crippen molar-refractivity contribution in [1.82, 2.24) is 10.3 Å². The average Bonchev–Trinajstić information content (AvgIpc) is 3.30. The lowest BCUT2D eigenvalue weighted by Gasteiger charge is -2.41. The first-order chi connectivity index (χ1) is 12.6. The van der Waals surface area contributed by atoms with Gasteiger partial charge in [-0.2, -0.15) is 0 Å². The Morgan fingerprint density at radius 3 is 2.67 bits per heavy atom. The number of rotatable bonds is 2. The van der Waals surface area contributed by atoms with E-state index in [9.17, 15) is 4.79 Å². The van der Waals surface area contributed by atoms with Crippen molar-refractivity contribution in [1.29, 1.82) is 0 Å². The van der Waals surface area contributed by atoms with E-state index < -0.39 is 5.60 Å². The molecule has 3 aliphatic rings. The summed E-state index contributed by atoms with van der Waals surface area (Å²) in [6.07, 6.45) is 2.95. The molecule has 4 rings (SSSR count). The molecule has 0 unspecified atom stereocenters. The van der Waals surface area contributed by atoms with Crippen molar-refractivity contribution in [3.63, 3.8) is 0 Å². The SMILES string of the molecule is CC1(C)CN(c2cc(C3CC3)nc3c2CCN3C(=O)OC(C)(C)C)CCN1. The van der Waals surface area contributed by atoms with E-state index in [1.807, 2.05) is 20.8 Å². The van der Waals surface area contributed by atoms with Gasteiger partial charge in [-0.1, -0.05) is 0 Å². The fraction of sp³-hybridized carbons (Fsp3) is 0.714. The zero-order chi connectivity index (χ0) is 19.4. The number of fused-ring (bicyclic) bond motifs is 1. The van der Waals surface area contributed by atoms with Crippen molar-refractivity contribution in [2.45, 2.75) is 70.9 Å². The maximum absolute atomic E-state index is 12.8. The van der Waals surface area contributed by atoms with E-state index in [4.69, 9.17) is 9.72 Å². The molecular formula is C21H32N4O2. The van der Waals surface area contributed by atoms with Crippen molar-refractivity contribution in [2.24, 2.45) is 0 Å². The Kier molecular flexibility index (Phi) is 4.37. The first-order valence-corrected chi connectivity index (χ1v) is 10.2. The number of carbonyl (C=O) groups is 1. The lowest BCUT2D eigenvalue weighted by Crippen LogP contribution is -2.57. The molecule has 6 nitrogen and oxygen atoms in total. The monoisotopic (exact) mass is 372 g/mol. The Morgan fingerprint density at radius 1 is 1.30 bits per heavy atom. The molecule has 2 fully saturated rings. The minimum Gasteiger partial charge on any atom is -0.443 e. The molecule has 1 aromatic heterocycles. The quantitative estimate of drug-likeness (QED) is 0.862. The highest BCUT2D eigenvalue weighted by molar-refractivity contribution is 5.91. The van der Waals surface area contributed by atoms with Gasteiger partial charge in [0.05, 0.1) is 0 Å². The minimum atomic E-state index is -0.501. The largest absolute Gasteiger partial charge is 0.443 e. The lowest BCUT2D eigenvalue weighted by molar-refractivity contribution is 0.0583. The van der Waals surface area contributed by atoms with Crippen LogP contribution in [0.3, 0.4) is 0 Å². The summed E-state index contributed by atoms with van der Waals surface area (Å²) in [7, 11) is 0. The summed E-state index contributed by atoms with van der Waals surface area (Å²) in [4.78, 5) is 21.9. The minimum absolute atomic E-state index is 0.0810. The molecule has 1 saturated heterocycles. The molecule has 3 heterocycles. The van der Waals surface area contributed by atoms with Gasteiger partial charge in [0, 0.05) is 54.6 Å². The molecule has 0 atom stereocenters. The molecule has 148 valence electrons. The molecule has 0 radical (unpaired) electrons. The zero-order valence-electron chi connectivity index (χ0n) is 17.3. The Labute approximate surface area is 162 Å². The fourth-order valence-corrected chi connectivity index (χ4v) is 4.07. The predicted molar refractivity (Wildman–Crippen MR) is 108 cm³/mol. The van der Waals surface area contributed by atoms with Gasteiger partial charge in [-0.15, -0.1) is 0 Å². The van der Waals surface area contributed by atoms with E-state index in [2.05, 4.69) is 30.1 Å². The van der Waals surface area contributed by atoms with Gasteiger partial charge in [-0.05, 0) is 59.9 Å². The second kappa shape index (κ2) is 6.36. The number of pyridine rings is 1. The van der Waals surface area contributed by atoms with Crippen molar-refractivity contribution in [2.75, 3.05) is 36.0 Å². The Bertz CT molecular complexity index is 749. The first kappa shape index (κ1) is 18.5. The topological polar surface area (TPSA) is 57.7 Å². The van der Waals surface area contributed by atoms with E-state index >= 15 is 0 Å². The number of ether oxygens (including phenoxy) is 1. The molecule has 0 spiro atoms.